The molecule has 1 aliphatic heterocycles. The predicted octanol–water partition coefficient (Wildman–Crippen LogP) is 5.19. The Morgan fingerprint density at radius 2 is 2.03 bits per heavy atom. The van der Waals surface area contributed by atoms with Gasteiger partial charge in [-0.15, -0.1) is 0 Å². The molecule has 1 aliphatic carbocycles. The molecular formula is C25H26ClFN4O3. The van der Waals surface area contributed by atoms with Crippen LogP contribution in [0.4, 0.5) is 15.9 Å². The van der Waals surface area contributed by atoms with Crippen LogP contribution >= 0.6 is 11.6 Å². The summed E-state index contributed by atoms with van der Waals surface area (Å²) >= 11 is 5.92. The third-order valence-electron chi connectivity index (χ3n) is 6.78. The number of hydrogen-bond donors (Lipinski definition) is 2. The van der Waals surface area contributed by atoms with Gasteiger partial charge in [-0.1, -0.05) is 17.7 Å². The van der Waals surface area contributed by atoms with E-state index in [2.05, 4.69) is 20.6 Å². The zero-order valence-electron chi connectivity index (χ0n) is 18.9. The summed E-state index contributed by atoms with van der Waals surface area (Å²) in [6.45, 7) is 0.888. The van der Waals surface area contributed by atoms with Crippen LogP contribution in [0.3, 0.4) is 0 Å². The number of ether oxygens (including phenoxy) is 2. The molecule has 3 aromatic rings. The number of piperidine rings is 1. The number of carbonyl (C=O) groups is 1. The van der Waals surface area contributed by atoms with Gasteiger partial charge in [-0.2, -0.15) is 0 Å². The van der Waals surface area contributed by atoms with E-state index in [9.17, 15) is 9.18 Å². The largest absolute Gasteiger partial charge is 0.493 e. The number of hydrogen-bond acceptors (Lipinski definition) is 7. The molecule has 7 nitrogen and oxygen atoms in total. The summed E-state index contributed by atoms with van der Waals surface area (Å²) in [4.78, 5) is 21.2. The molecule has 0 radical (unpaired) electrons. The van der Waals surface area contributed by atoms with Crippen LogP contribution in [0.5, 0.6) is 11.5 Å². The molecule has 2 N–H and O–H groups in total. The van der Waals surface area contributed by atoms with Gasteiger partial charge < -0.3 is 20.1 Å². The average Bonchev–Trinajstić information content (AvgIpc) is 2.85. The summed E-state index contributed by atoms with van der Waals surface area (Å²) in [6.07, 6.45) is 5.98. The van der Waals surface area contributed by atoms with E-state index < -0.39 is 11.4 Å². The first kappa shape index (κ1) is 22.8. The van der Waals surface area contributed by atoms with E-state index in [0.717, 1.165) is 38.6 Å². The Morgan fingerprint density at radius 3 is 2.79 bits per heavy atom. The minimum atomic E-state index is -0.553. The Labute approximate surface area is 202 Å². The highest BCUT2D eigenvalue weighted by Gasteiger charge is 2.43. The van der Waals surface area contributed by atoms with Crippen LogP contribution in [-0.4, -0.2) is 41.0 Å². The number of methoxy groups -OCH3 is 1. The molecule has 2 aliphatic rings. The number of nitrogens with one attached hydrogen (secondary N) is 2. The Balaban J connectivity index is 1.41. The average molecular weight is 485 g/mol. The molecule has 1 spiro atoms. The molecule has 0 unspecified atom stereocenters. The van der Waals surface area contributed by atoms with E-state index in [1.54, 1.807) is 25.3 Å². The Hall–Kier alpha value is -2.97. The van der Waals surface area contributed by atoms with Gasteiger partial charge in [-0.25, -0.2) is 14.4 Å². The van der Waals surface area contributed by atoms with Crippen molar-refractivity contribution in [2.45, 2.75) is 50.2 Å². The summed E-state index contributed by atoms with van der Waals surface area (Å²) in [5.74, 6) is 1.31. The smallest absolute Gasteiger partial charge is 0.165 e. The predicted molar refractivity (Wildman–Crippen MR) is 129 cm³/mol. The van der Waals surface area contributed by atoms with Crippen molar-refractivity contribution in [1.82, 2.24) is 15.3 Å². The summed E-state index contributed by atoms with van der Waals surface area (Å²) in [5, 5.41) is 7.16. The number of rotatable bonds is 5. The van der Waals surface area contributed by atoms with Crippen molar-refractivity contribution in [2.24, 2.45) is 0 Å². The van der Waals surface area contributed by atoms with Crippen molar-refractivity contribution in [3.8, 4) is 11.5 Å². The van der Waals surface area contributed by atoms with Gasteiger partial charge in [0.25, 0.3) is 0 Å². The maximum absolute atomic E-state index is 14.5. The lowest BCUT2D eigenvalue weighted by Crippen LogP contribution is -2.58. The van der Waals surface area contributed by atoms with Crippen LogP contribution in [0.1, 0.15) is 38.5 Å². The highest BCUT2D eigenvalue weighted by molar-refractivity contribution is 6.31. The van der Waals surface area contributed by atoms with Crippen LogP contribution in [-0.2, 0) is 4.79 Å². The van der Waals surface area contributed by atoms with E-state index in [0.29, 0.717) is 40.4 Å². The van der Waals surface area contributed by atoms with E-state index in [1.165, 1.54) is 12.4 Å². The first-order chi connectivity index (χ1) is 16.5. The first-order valence-electron chi connectivity index (χ1n) is 11.5. The van der Waals surface area contributed by atoms with Gasteiger partial charge in [-0.05, 0) is 56.8 Å². The molecule has 2 heterocycles. The molecule has 1 aromatic heterocycles. The van der Waals surface area contributed by atoms with Crippen molar-refractivity contribution in [2.75, 3.05) is 19.0 Å². The lowest BCUT2D eigenvalue weighted by molar-refractivity contribution is -0.129. The Bertz CT molecular complexity index is 1230. The van der Waals surface area contributed by atoms with Gasteiger partial charge in [0.2, 0.25) is 0 Å². The summed E-state index contributed by atoms with van der Waals surface area (Å²) in [7, 11) is 1.58. The van der Waals surface area contributed by atoms with Crippen molar-refractivity contribution in [1.29, 1.82) is 0 Å². The quantitative estimate of drug-likeness (QED) is 0.515. The van der Waals surface area contributed by atoms with E-state index >= 15 is 0 Å². The molecule has 0 bridgehead atoms. The molecule has 2 aromatic carbocycles. The first-order valence-corrected chi connectivity index (χ1v) is 11.9. The summed E-state index contributed by atoms with van der Waals surface area (Å²) < 4.78 is 26.4. The summed E-state index contributed by atoms with van der Waals surface area (Å²) in [6, 6.07) is 8.34. The van der Waals surface area contributed by atoms with Crippen LogP contribution in [0, 0.1) is 5.82 Å². The molecule has 2 fully saturated rings. The van der Waals surface area contributed by atoms with Gasteiger partial charge in [0, 0.05) is 17.9 Å². The summed E-state index contributed by atoms with van der Waals surface area (Å²) in [5.41, 5.74) is 0.453. The lowest BCUT2D eigenvalue weighted by Gasteiger charge is -2.42. The number of carbonyl (C=O) groups excluding carboxylic acids is 1. The van der Waals surface area contributed by atoms with Crippen molar-refractivity contribution < 1.29 is 18.7 Å². The second-order valence-electron chi connectivity index (χ2n) is 8.82. The van der Waals surface area contributed by atoms with Crippen LogP contribution in [0.15, 0.2) is 36.7 Å². The third kappa shape index (κ3) is 4.28. The number of halogens is 2. The third-order valence-corrected chi connectivity index (χ3v) is 7.07. The van der Waals surface area contributed by atoms with E-state index in [-0.39, 0.29) is 16.8 Å². The number of nitrogens with zero attached hydrogens (tertiary/aromatic N) is 2. The number of ketones is 1. The maximum Gasteiger partial charge on any atom is 0.165 e. The van der Waals surface area contributed by atoms with Crippen LogP contribution in [0.2, 0.25) is 5.02 Å². The van der Waals surface area contributed by atoms with E-state index in [1.807, 2.05) is 6.07 Å². The SMILES string of the molecule is COc1cc2ncnc(Nc3cccc(Cl)c3F)c2cc1O[C@H]1CC[C@@]2(CC1)NCCCC2=O. The molecule has 1 saturated carbocycles. The Morgan fingerprint density at radius 1 is 1.21 bits per heavy atom. The Kier molecular flexibility index (Phi) is 6.27. The van der Waals surface area contributed by atoms with Gasteiger partial charge in [0.15, 0.2) is 23.1 Å². The van der Waals surface area contributed by atoms with Crippen LogP contribution < -0.4 is 20.1 Å². The molecule has 9 heteroatoms. The number of anilines is 2. The van der Waals surface area contributed by atoms with Crippen molar-refractivity contribution >= 4 is 39.8 Å². The van der Waals surface area contributed by atoms with Gasteiger partial charge in [0.1, 0.15) is 12.1 Å². The minimum absolute atomic E-state index is 0.0232. The number of fused-ring (bicyclic) bond motifs is 1. The van der Waals surface area contributed by atoms with Gasteiger partial charge >= 0.3 is 0 Å². The normalized spacial score (nSPS) is 22.7. The van der Waals surface area contributed by atoms with Crippen LogP contribution in [0.25, 0.3) is 10.9 Å². The molecule has 0 atom stereocenters. The zero-order valence-corrected chi connectivity index (χ0v) is 19.6. The van der Waals surface area contributed by atoms with Crippen molar-refractivity contribution in [3.05, 3.63) is 47.5 Å². The van der Waals surface area contributed by atoms with E-state index in [4.69, 9.17) is 21.1 Å². The molecule has 34 heavy (non-hydrogen) atoms. The maximum atomic E-state index is 14.5. The standard InChI is InChI=1S/C25H26ClFN4O3/c1-33-20-13-19-16(24(29-14-28-19)31-18-5-2-4-17(26)23(18)27)12-21(20)34-15-7-9-25(10-8-15)22(32)6-3-11-30-25/h2,4-5,12-15,30H,3,6-11H2,1H3,(H,28,29,31)/t15-,25-. The highest BCUT2D eigenvalue weighted by Crippen LogP contribution is 2.39. The minimum Gasteiger partial charge on any atom is -0.493 e. The molecular weight excluding hydrogens is 459 g/mol. The number of benzene rings is 2. The molecule has 0 amide bonds. The lowest BCUT2D eigenvalue weighted by atomic mass is 9.74. The molecule has 5 rings (SSSR count). The number of aromatic nitrogens is 2. The zero-order chi connectivity index (χ0) is 23.7. The van der Waals surface area contributed by atoms with Crippen molar-refractivity contribution in [3.63, 3.8) is 0 Å². The number of Topliss-reactive ketones (excluding diaryl/α,β-unsaturated/α-hetero) is 1. The molecule has 1 saturated heterocycles. The second-order valence-corrected chi connectivity index (χ2v) is 9.23. The molecule has 178 valence electrons. The second kappa shape index (κ2) is 9.35. The fourth-order valence-corrected chi connectivity index (χ4v) is 5.07. The monoisotopic (exact) mass is 484 g/mol. The van der Waals surface area contributed by atoms with Gasteiger partial charge in [0.05, 0.1) is 35.0 Å². The fraction of sp³-hybridized carbons (Fsp3) is 0.400. The topological polar surface area (TPSA) is 85.4 Å². The fourth-order valence-electron chi connectivity index (χ4n) is 4.89. The van der Waals surface area contributed by atoms with Gasteiger partial charge in [-0.3, -0.25) is 4.79 Å². The highest BCUT2D eigenvalue weighted by atomic mass is 35.5.